The summed E-state index contributed by atoms with van der Waals surface area (Å²) in [4.78, 5) is 21.9. The first-order valence-corrected chi connectivity index (χ1v) is 7.95. The van der Waals surface area contributed by atoms with Gasteiger partial charge in [0.2, 0.25) is 0 Å². The molecule has 0 heterocycles. The lowest BCUT2D eigenvalue weighted by molar-refractivity contribution is -0.384. The van der Waals surface area contributed by atoms with E-state index in [9.17, 15) is 14.9 Å². The number of nitro groups is 1. The molecule has 26 heavy (non-hydrogen) atoms. The summed E-state index contributed by atoms with van der Waals surface area (Å²) in [5, 5.41) is 15.1. The van der Waals surface area contributed by atoms with Gasteiger partial charge in [-0.3, -0.25) is 14.9 Å². The van der Waals surface area contributed by atoms with Crippen molar-refractivity contribution in [3.8, 4) is 5.75 Å². The molecule has 0 radical (unpaired) electrons. The van der Waals surface area contributed by atoms with Crippen LogP contribution in [0.4, 0.5) is 5.69 Å². The fraction of sp³-hybridized carbons (Fsp3) is 0.111. The van der Waals surface area contributed by atoms with Gasteiger partial charge in [-0.05, 0) is 42.3 Å². The number of ether oxygens (including phenoxy) is 1. The average Bonchev–Trinajstić information content (AvgIpc) is 2.62. The maximum Gasteiger partial charge on any atom is 0.277 e. The molecule has 0 aliphatic rings. The summed E-state index contributed by atoms with van der Waals surface area (Å²) < 4.78 is 5.34. The summed E-state index contributed by atoms with van der Waals surface area (Å²) in [5.41, 5.74) is 3.83. The number of nitro benzene ring substituents is 1. The number of non-ortho nitro benzene ring substituents is 1. The van der Waals surface area contributed by atoms with Crippen molar-refractivity contribution in [3.63, 3.8) is 0 Å². The summed E-state index contributed by atoms with van der Waals surface area (Å²) in [5.74, 6) is 0.120. The van der Waals surface area contributed by atoms with Crippen LogP contribution in [0.3, 0.4) is 0 Å². The second-order valence-corrected chi connectivity index (χ2v) is 5.63. The Kier molecular flexibility index (Phi) is 6.87. The van der Waals surface area contributed by atoms with E-state index in [4.69, 9.17) is 16.3 Å². The fourth-order valence-electron chi connectivity index (χ4n) is 1.94. The van der Waals surface area contributed by atoms with Crippen LogP contribution >= 0.6 is 11.6 Å². The number of hydrogen-bond donors (Lipinski definition) is 1. The van der Waals surface area contributed by atoms with E-state index < -0.39 is 10.8 Å². The summed E-state index contributed by atoms with van der Waals surface area (Å²) in [7, 11) is 0. The van der Waals surface area contributed by atoms with Crippen LogP contribution in [-0.4, -0.2) is 23.7 Å². The summed E-state index contributed by atoms with van der Waals surface area (Å²) in [6.45, 7) is 1.65. The van der Waals surface area contributed by atoms with E-state index >= 15 is 0 Å². The van der Waals surface area contributed by atoms with Gasteiger partial charge >= 0.3 is 0 Å². The Balaban J connectivity index is 1.78. The second-order valence-electron chi connectivity index (χ2n) is 5.22. The number of halogens is 1. The monoisotopic (exact) mass is 373 g/mol. The van der Waals surface area contributed by atoms with Crippen LogP contribution in [0.25, 0.3) is 6.08 Å². The molecule has 0 unspecified atom stereocenters. The number of hydrazone groups is 1. The maximum atomic E-state index is 11.6. The minimum atomic E-state index is -0.464. The Morgan fingerprint density at radius 1 is 1.35 bits per heavy atom. The largest absolute Gasteiger partial charge is 0.484 e. The summed E-state index contributed by atoms with van der Waals surface area (Å²) in [6.07, 6.45) is 4.56. The number of carbonyl (C=O) groups is 1. The maximum absolute atomic E-state index is 11.6. The predicted octanol–water partition coefficient (Wildman–Crippen LogP) is 3.75. The molecule has 0 saturated heterocycles. The van der Waals surface area contributed by atoms with Gasteiger partial charge in [0.05, 0.1) is 4.92 Å². The SMILES string of the molecule is Cc1cc(OCC(=O)NN=CC=Cc2cccc([N+](=O)[O-])c2)ccc1Cl. The zero-order valence-electron chi connectivity index (χ0n) is 13.9. The molecule has 0 bridgehead atoms. The molecule has 0 aliphatic carbocycles. The van der Waals surface area contributed by atoms with E-state index in [0.29, 0.717) is 16.3 Å². The van der Waals surface area contributed by atoms with E-state index in [1.807, 2.05) is 6.92 Å². The number of rotatable bonds is 7. The number of benzene rings is 2. The third-order valence-electron chi connectivity index (χ3n) is 3.22. The van der Waals surface area contributed by atoms with Gasteiger partial charge in [-0.1, -0.05) is 29.8 Å². The summed E-state index contributed by atoms with van der Waals surface area (Å²) >= 11 is 5.92. The van der Waals surface area contributed by atoms with Crippen molar-refractivity contribution >= 4 is 35.5 Å². The zero-order chi connectivity index (χ0) is 18.9. The molecular formula is C18H16ClN3O4. The Bertz CT molecular complexity index is 865. The second kappa shape index (κ2) is 9.33. The van der Waals surface area contributed by atoms with Gasteiger partial charge in [-0.15, -0.1) is 0 Å². The number of hydrogen-bond acceptors (Lipinski definition) is 5. The minimum Gasteiger partial charge on any atom is -0.484 e. The van der Waals surface area contributed by atoms with Crippen LogP contribution in [-0.2, 0) is 4.79 Å². The quantitative estimate of drug-likeness (QED) is 0.454. The highest BCUT2D eigenvalue weighted by Gasteiger charge is 2.04. The molecule has 1 amide bonds. The molecule has 2 rings (SSSR count). The van der Waals surface area contributed by atoms with Gasteiger partial charge in [0.15, 0.2) is 6.61 Å². The normalized spacial score (nSPS) is 11.0. The minimum absolute atomic E-state index is 0.00646. The van der Waals surface area contributed by atoms with Crippen molar-refractivity contribution in [1.29, 1.82) is 0 Å². The Hall–Kier alpha value is -3.19. The van der Waals surface area contributed by atoms with Crippen molar-refractivity contribution in [2.24, 2.45) is 5.10 Å². The molecule has 7 nitrogen and oxygen atoms in total. The van der Waals surface area contributed by atoms with Crippen LogP contribution in [0.1, 0.15) is 11.1 Å². The van der Waals surface area contributed by atoms with Gasteiger partial charge in [0.25, 0.3) is 11.6 Å². The average molecular weight is 374 g/mol. The topological polar surface area (TPSA) is 93.8 Å². The molecule has 0 saturated carbocycles. The lowest BCUT2D eigenvalue weighted by Gasteiger charge is -2.06. The van der Waals surface area contributed by atoms with Crippen molar-refractivity contribution in [2.75, 3.05) is 6.61 Å². The molecule has 0 aliphatic heterocycles. The lowest BCUT2D eigenvalue weighted by atomic mass is 10.2. The molecule has 0 spiro atoms. The highest BCUT2D eigenvalue weighted by molar-refractivity contribution is 6.31. The smallest absolute Gasteiger partial charge is 0.277 e. The first-order chi connectivity index (χ1) is 12.5. The van der Waals surface area contributed by atoms with Gasteiger partial charge < -0.3 is 4.74 Å². The van der Waals surface area contributed by atoms with Crippen LogP contribution < -0.4 is 10.2 Å². The van der Waals surface area contributed by atoms with E-state index in [1.54, 1.807) is 42.5 Å². The van der Waals surface area contributed by atoms with Gasteiger partial charge in [0, 0.05) is 23.4 Å². The van der Waals surface area contributed by atoms with Gasteiger partial charge in [0.1, 0.15) is 5.75 Å². The molecule has 2 aromatic carbocycles. The van der Waals surface area contributed by atoms with Crippen molar-refractivity contribution in [1.82, 2.24) is 5.43 Å². The highest BCUT2D eigenvalue weighted by Crippen LogP contribution is 2.20. The molecule has 0 fully saturated rings. The molecule has 2 aromatic rings. The first-order valence-electron chi connectivity index (χ1n) is 7.57. The lowest BCUT2D eigenvalue weighted by Crippen LogP contribution is -2.24. The van der Waals surface area contributed by atoms with Gasteiger partial charge in [-0.25, -0.2) is 5.43 Å². The molecule has 0 atom stereocenters. The number of aryl methyl sites for hydroxylation is 1. The third-order valence-corrected chi connectivity index (χ3v) is 3.64. The number of allylic oxidation sites excluding steroid dienone is 1. The third kappa shape index (κ3) is 6.03. The Morgan fingerprint density at radius 3 is 2.88 bits per heavy atom. The van der Waals surface area contributed by atoms with Crippen molar-refractivity contribution in [2.45, 2.75) is 6.92 Å². The molecule has 134 valence electrons. The number of amides is 1. The van der Waals surface area contributed by atoms with Crippen LogP contribution in [0.5, 0.6) is 5.75 Å². The molecule has 1 N–H and O–H groups in total. The van der Waals surface area contributed by atoms with E-state index in [0.717, 1.165) is 5.56 Å². The molecule has 8 heteroatoms. The number of nitrogens with one attached hydrogen (secondary N) is 1. The predicted molar refractivity (Wildman–Crippen MR) is 100 cm³/mol. The van der Waals surface area contributed by atoms with Crippen LogP contribution in [0.15, 0.2) is 53.6 Å². The van der Waals surface area contributed by atoms with Gasteiger partial charge in [-0.2, -0.15) is 5.10 Å². The number of carbonyl (C=O) groups excluding carboxylic acids is 1. The number of nitrogens with zero attached hydrogens (tertiary/aromatic N) is 2. The molecule has 0 aromatic heterocycles. The standard InChI is InChI=1S/C18H16ClN3O4/c1-13-10-16(7-8-17(13)19)26-12-18(23)21-20-9-3-5-14-4-2-6-15(11-14)22(24)25/h2-11H,12H2,1H3,(H,21,23). The summed E-state index contributed by atoms with van der Waals surface area (Å²) in [6, 6.07) is 11.3. The Morgan fingerprint density at radius 2 is 2.15 bits per heavy atom. The zero-order valence-corrected chi connectivity index (χ0v) is 14.6. The van der Waals surface area contributed by atoms with Crippen LogP contribution in [0, 0.1) is 17.0 Å². The van der Waals surface area contributed by atoms with E-state index in [2.05, 4.69) is 10.5 Å². The first kappa shape index (κ1) is 19.1. The Labute approximate surface area is 155 Å². The van der Waals surface area contributed by atoms with Crippen molar-refractivity contribution < 1.29 is 14.5 Å². The fourth-order valence-corrected chi connectivity index (χ4v) is 2.05. The molecular weight excluding hydrogens is 358 g/mol. The van der Waals surface area contributed by atoms with Crippen molar-refractivity contribution in [3.05, 3.63) is 74.8 Å². The highest BCUT2D eigenvalue weighted by atomic mass is 35.5. The van der Waals surface area contributed by atoms with E-state index in [-0.39, 0.29) is 12.3 Å². The van der Waals surface area contributed by atoms with E-state index in [1.165, 1.54) is 18.3 Å². The van der Waals surface area contributed by atoms with Crippen LogP contribution in [0.2, 0.25) is 5.02 Å².